The number of aryl methyl sites for hydroxylation is 1. The van der Waals surface area contributed by atoms with E-state index in [1.54, 1.807) is 37.3 Å². The first-order valence-electron chi connectivity index (χ1n) is 15.2. The molecule has 2 unspecified atom stereocenters. The third kappa shape index (κ3) is 5.80. The minimum Gasteiger partial charge on any atom is -0.360 e. The average molecular weight is 640 g/mol. The first-order valence-corrected chi connectivity index (χ1v) is 16.0. The van der Waals surface area contributed by atoms with E-state index in [2.05, 4.69) is 30.0 Å². The first-order chi connectivity index (χ1) is 21.0. The Hall–Kier alpha value is -3.20. The first kappa shape index (κ1) is 30.8. The molecule has 0 radical (unpaired) electrons. The summed E-state index contributed by atoms with van der Waals surface area (Å²) in [6, 6.07) is 11.4. The predicted octanol–water partition coefficient (Wildman–Crippen LogP) is 6.99. The van der Waals surface area contributed by atoms with E-state index in [4.69, 9.17) is 27.7 Å². The van der Waals surface area contributed by atoms with Crippen molar-refractivity contribution < 1.29 is 18.5 Å². The predicted molar refractivity (Wildman–Crippen MR) is 169 cm³/mol. The zero-order valence-corrected chi connectivity index (χ0v) is 26.8. The highest BCUT2D eigenvalue weighted by atomic mass is 35.5. The minimum atomic E-state index is -0.560. The molecule has 2 fully saturated rings. The van der Waals surface area contributed by atoms with Gasteiger partial charge in [-0.15, -0.1) is 0 Å². The number of piperazine rings is 1. The fraction of sp³-hybridized carbons (Fsp3) is 0.441. The Morgan fingerprint density at radius 1 is 1.09 bits per heavy atom. The van der Waals surface area contributed by atoms with Gasteiger partial charge in [0.25, 0.3) is 11.8 Å². The van der Waals surface area contributed by atoms with Crippen LogP contribution in [-0.2, 0) is 0 Å². The Labute approximate surface area is 267 Å². The second-order valence-electron chi connectivity index (χ2n) is 12.7. The van der Waals surface area contributed by atoms with Crippen LogP contribution in [0, 0.1) is 30.0 Å². The van der Waals surface area contributed by atoms with Gasteiger partial charge in [0, 0.05) is 56.4 Å². The Bertz CT molecular complexity index is 1570. The topological polar surface area (TPSA) is 69.9 Å². The number of fused-ring (bicyclic) bond motifs is 1. The van der Waals surface area contributed by atoms with Crippen molar-refractivity contribution >= 4 is 35.0 Å². The number of nitrogens with zero attached hydrogens (tertiary/aromatic N) is 4. The molecule has 44 heavy (non-hydrogen) atoms. The van der Waals surface area contributed by atoms with Gasteiger partial charge in [-0.3, -0.25) is 14.5 Å². The normalized spacial score (nSPS) is 21.0. The summed E-state index contributed by atoms with van der Waals surface area (Å²) < 4.78 is 20.4. The van der Waals surface area contributed by atoms with Crippen molar-refractivity contribution in [1.82, 2.24) is 19.9 Å². The number of aromatic nitrogens is 1. The molecule has 1 saturated heterocycles. The third-order valence-corrected chi connectivity index (χ3v) is 10.5. The van der Waals surface area contributed by atoms with Crippen molar-refractivity contribution in [3.05, 3.63) is 86.9 Å². The van der Waals surface area contributed by atoms with E-state index in [-0.39, 0.29) is 39.1 Å². The molecule has 2 aromatic carbocycles. The fourth-order valence-electron chi connectivity index (χ4n) is 7.02. The lowest BCUT2D eigenvalue weighted by Crippen LogP contribution is -2.52. The van der Waals surface area contributed by atoms with Gasteiger partial charge in [-0.05, 0) is 73.4 Å². The Kier molecular flexibility index (Phi) is 8.61. The molecule has 232 valence electrons. The van der Waals surface area contributed by atoms with Crippen LogP contribution in [0.25, 0.3) is 11.3 Å². The van der Waals surface area contributed by atoms with Gasteiger partial charge >= 0.3 is 0 Å². The van der Waals surface area contributed by atoms with E-state index in [0.717, 1.165) is 12.8 Å². The lowest BCUT2D eigenvalue weighted by Gasteiger charge is -2.57. The summed E-state index contributed by atoms with van der Waals surface area (Å²) in [4.78, 5) is 33.3. The van der Waals surface area contributed by atoms with Crippen LogP contribution >= 0.6 is 23.2 Å². The third-order valence-electron chi connectivity index (χ3n) is 9.96. The molecular formula is C34H37Cl2FN4O3. The van der Waals surface area contributed by atoms with Crippen molar-refractivity contribution in [2.75, 3.05) is 45.8 Å². The molecule has 3 aromatic rings. The smallest absolute Gasteiger partial charge is 0.260 e. The zero-order valence-electron chi connectivity index (χ0n) is 25.3. The summed E-state index contributed by atoms with van der Waals surface area (Å²) in [5.74, 6) is 0.617. The molecule has 2 amide bonds. The maximum absolute atomic E-state index is 15.0. The van der Waals surface area contributed by atoms with E-state index >= 15 is 0 Å². The van der Waals surface area contributed by atoms with Gasteiger partial charge in [-0.2, -0.15) is 0 Å². The maximum atomic E-state index is 15.0. The van der Waals surface area contributed by atoms with E-state index in [0.29, 0.717) is 74.0 Å². The van der Waals surface area contributed by atoms with Gasteiger partial charge in [0.2, 0.25) is 0 Å². The average Bonchev–Trinajstić information content (AvgIpc) is 3.39. The van der Waals surface area contributed by atoms with Gasteiger partial charge < -0.3 is 14.3 Å². The number of rotatable bonds is 8. The molecule has 7 rings (SSSR count). The number of carbonyl (C=O) groups excluding carboxylic acids is 2. The molecule has 10 heteroatoms. The zero-order chi connectivity index (χ0) is 31.2. The van der Waals surface area contributed by atoms with Crippen LogP contribution < -0.4 is 0 Å². The molecule has 1 aromatic heterocycles. The molecule has 1 saturated carbocycles. The van der Waals surface area contributed by atoms with Crippen molar-refractivity contribution in [3.8, 4) is 11.3 Å². The van der Waals surface area contributed by atoms with Crippen LogP contribution in [0.4, 0.5) is 4.39 Å². The van der Waals surface area contributed by atoms with Crippen LogP contribution in [0.1, 0.15) is 53.2 Å². The fourth-order valence-corrected chi connectivity index (χ4v) is 7.40. The monoisotopic (exact) mass is 638 g/mol. The summed E-state index contributed by atoms with van der Waals surface area (Å²) in [7, 11) is 0. The van der Waals surface area contributed by atoms with Crippen molar-refractivity contribution in [1.29, 1.82) is 0 Å². The second-order valence-corrected chi connectivity index (χ2v) is 13.6. The molecule has 0 N–H and O–H groups in total. The molecule has 1 aliphatic heterocycles. The number of carbonyl (C=O) groups is 2. The molecule has 3 aliphatic carbocycles. The van der Waals surface area contributed by atoms with E-state index in [1.165, 1.54) is 17.7 Å². The largest absolute Gasteiger partial charge is 0.360 e. The summed E-state index contributed by atoms with van der Waals surface area (Å²) in [5, 5.41) is 4.86. The number of allylic oxidation sites excluding steroid dienone is 1. The van der Waals surface area contributed by atoms with Crippen molar-refractivity contribution in [3.63, 3.8) is 0 Å². The summed E-state index contributed by atoms with van der Waals surface area (Å²) >= 11 is 12.4. The Morgan fingerprint density at radius 3 is 2.48 bits per heavy atom. The quantitative estimate of drug-likeness (QED) is 0.249. The number of amides is 2. The van der Waals surface area contributed by atoms with Gasteiger partial charge in [0.1, 0.15) is 22.8 Å². The summed E-state index contributed by atoms with van der Waals surface area (Å²) in [6.07, 6.45) is 4.47. The molecule has 7 nitrogen and oxygen atoms in total. The Morgan fingerprint density at radius 2 is 1.82 bits per heavy atom. The maximum Gasteiger partial charge on any atom is 0.260 e. The lowest BCUT2D eigenvalue weighted by atomic mass is 9.49. The van der Waals surface area contributed by atoms with Gasteiger partial charge in [-0.1, -0.05) is 59.9 Å². The molecular weight excluding hydrogens is 602 g/mol. The van der Waals surface area contributed by atoms with Crippen LogP contribution in [0.5, 0.6) is 0 Å². The van der Waals surface area contributed by atoms with Crippen molar-refractivity contribution in [2.24, 2.45) is 17.3 Å². The SMILES string of the molecule is Cc1onc(-c2c(F)cccc2Cl)c1C(=O)N(CCN1CCN(C(=O)c2ccc(Cl)cc2)CC1)CC1=CCC2CC1C2(C)C. The highest BCUT2D eigenvalue weighted by Crippen LogP contribution is 2.59. The number of hydrogen-bond donors (Lipinski definition) is 0. The molecule has 2 bridgehead atoms. The highest BCUT2D eigenvalue weighted by molar-refractivity contribution is 6.33. The van der Waals surface area contributed by atoms with Crippen LogP contribution in [0.3, 0.4) is 0 Å². The van der Waals surface area contributed by atoms with E-state index in [9.17, 15) is 14.0 Å². The van der Waals surface area contributed by atoms with Crippen LogP contribution in [-0.4, -0.2) is 77.5 Å². The molecule has 4 aliphatic rings. The van der Waals surface area contributed by atoms with Gasteiger partial charge in [0.15, 0.2) is 0 Å². The standard InChI is InChI=1S/C34H37Cl2FN4O3/c1-21-29(31(38-44-21)30-27(36)5-4-6-28(30)37)33(43)41(20-23-7-10-24-19-26(23)34(24,2)3)18-15-39-13-16-40(17-14-39)32(42)22-8-11-25(35)12-9-22/h4-9,11-12,24,26H,10,13-20H2,1-3H3. The number of halogens is 3. The highest BCUT2D eigenvalue weighted by Gasteiger charge is 2.51. The van der Waals surface area contributed by atoms with E-state index < -0.39 is 5.82 Å². The van der Waals surface area contributed by atoms with Gasteiger partial charge in [-0.25, -0.2) is 4.39 Å². The van der Waals surface area contributed by atoms with Crippen molar-refractivity contribution in [2.45, 2.75) is 33.6 Å². The van der Waals surface area contributed by atoms with Crippen LogP contribution in [0.15, 0.2) is 58.6 Å². The second kappa shape index (κ2) is 12.3. The molecule has 2 atom stereocenters. The van der Waals surface area contributed by atoms with Gasteiger partial charge in [0.05, 0.1) is 10.6 Å². The summed E-state index contributed by atoms with van der Waals surface area (Å²) in [6.45, 7) is 10.5. The summed E-state index contributed by atoms with van der Waals surface area (Å²) in [5.41, 5.74) is 2.54. The minimum absolute atomic E-state index is 0.00830. The molecule has 2 heterocycles. The van der Waals surface area contributed by atoms with Crippen LogP contribution in [0.2, 0.25) is 10.0 Å². The lowest BCUT2D eigenvalue weighted by molar-refractivity contribution is -0.0105. The molecule has 0 spiro atoms. The van der Waals surface area contributed by atoms with E-state index in [1.807, 2.05) is 9.80 Å². The number of benzene rings is 2. The number of hydrogen-bond acceptors (Lipinski definition) is 5. The Balaban J connectivity index is 1.20.